The Kier molecular flexibility index (Phi) is 5.27. The Bertz CT molecular complexity index is 508. The van der Waals surface area contributed by atoms with Crippen molar-refractivity contribution in [3.63, 3.8) is 0 Å². The fourth-order valence-electron chi connectivity index (χ4n) is 2.06. The van der Waals surface area contributed by atoms with E-state index >= 15 is 0 Å². The van der Waals surface area contributed by atoms with Gasteiger partial charge >= 0.3 is 5.97 Å². The largest absolute Gasteiger partial charge is 0.480 e. The van der Waals surface area contributed by atoms with Gasteiger partial charge in [-0.05, 0) is 30.4 Å². The molecule has 0 aliphatic rings. The highest BCUT2D eigenvalue weighted by Gasteiger charge is 2.23. The van der Waals surface area contributed by atoms with Crippen LogP contribution in [0.2, 0.25) is 0 Å². The van der Waals surface area contributed by atoms with Gasteiger partial charge in [-0.15, -0.1) is 0 Å². The van der Waals surface area contributed by atoms with Crippen molar-refractivity contribution >= 4 is 5.97 Å². The molecule has 1 aromatic rings. The minimum Gasteiger partial charge on any atom is -0.480 e. The maximum Gasteiger partial charge on any atom is 0.326 e. The van der Waals surface area contributed by atoms with Gasteiger partial charge in [0.15, 0.2) is 5.82 Å². The number of hydrogen-bond acceptors (Lipinski definition) is 2. The first kappa shape index (κ1) is 15.4. The van der Waals surface area contributed by atoms with E-state index in [9.17, 15) is 19.1 Å². The fraction of sp³-hybridized carbons (Fsp3) is 0.571. The Balaban J connectivity index is 3.28. The lowest BCUT2D eigenvalue weighted by Crippen LogP contribution is -2.32. The van der Waals surface area contributed by atoms with Gasteiger partial charge in [-0.25, -0.2) is 9.18 Å². The second-order valence-electron chi connectivity index (χ2n) is 5.14. The van der Waals surface area contributed by atoms with Crippen LogP contribution in [0.25, 0.3) is 0 Å². The van der Waals surface area contributed by atoms with Crippen LogP contribution in [0.15, 0.2) is 17.1 Å². The molecule has 1 heterocycles. The highest BCUT2D eigenvalue weighted by atomic mass is 19.1. The number of carboxylic acid groups (broad SMARTS) is 1. The molecule has 1 unspecified atom stereocenters. The minimum atomic E-state index is -1.11. The second kappa shape index (κ2) is 6.50. The molecule has 0 bridgehead atoms. The zero-order chi connectivity index (χ0) is 14.6. The van der Waals surface area contributed by atoms with Gasteiger partial charge in [-0.3, -0.25) is 9.36 Å². The van der Waals surface area contributed by atoms with Gasteiger partial charge in [0.05, 0.1) is 0 Å². The number of aryl methyl sites for hydroxylation is 1. The molecule has 0 amide bonds. The Morgan fingerprint density at radius 3 is 2.58 bits per heavy atom. The quantitative estimate of drug-likeness (QED) is 0.863. The predicted molar refractivity (Wildman–Crippen MR) is 70.8 cm³/mol. The first-order chi connectivity index (χ1) is 8.86. The lowest BCUT2D eigenvalue weighted by Gasteiger charge is -2.18. The summed E-state index contributed by atoms with van der Waals surface area (Å²) in [7, 11) is 0. The standard InChI is InChI=1S/C14H20FNO3/c1-4-5-10-7-11(15)13(17)16(8-10)12(14(18)19)6-9(2)3/h7-9,12H,4-6H2,1-3H3,(H,18,19). The van der Waals surface area contributed by atoms with Gasteiger partial charge in [0.2, 0.25) is 0 Å². The zero-order valence-electron chi connectivity index (χ0n) is 11.5. The molecule has 0 saturated carbocycles. The van der Waals surface area contributed by atoms with Crippen molar-refractivity contribution in [2.45, 2.75) is 46.1 Å². The van der Waals surface area contributed by atoms with Crippen molar-refractivity contribution in [3.8, 4) is 0 Å². The molecule has 1 N–H and O–H groups in total. The maximum atomic E-state index is 13.6. The maximum absolute atomic E-state index is 13.6. The summed E-state index contributed by atoms with van der Waals surface area (Å²) < 4.78 is 14.6. The van der Waals surface area contributed by atoms with Crippen molar-refractivity contribution < 1.29 is 14.3 Å². The number of hydrogen-bond donors (Lipinski definition) is 1. The van der Waals surface area contributed by atoms with E-state index in [1.807, 2.05) is 20.8 Å². The summed E-state index contributed by atoms with van der Waals surface area (Å²) in [5, 5.41) is 9.23. The van der Waals surface area contributed by atoms with Gasteiger partial charge in [-0.1, -0.05) is 27.2 Å². The smallest absolute Gasteiger partial charge is 0.326 e. The first-order valence-electron chi connectivity index (χ1n) is 6.50. The monoisotopic (exact) mass is 269 g/mol. The topological polar surface area (TPSA) is 59.3 Å². The third-order valence-corrected chi connectivity index (χ3v) is 2.91. The van der Waals surface area contributed by atoms with Crippen molar-refractivity contribution in [1.82, 2.24) is 4.57 Å². The molecule has 0 fully saturated rings. The van der Waals surface area contributed by atoms with E-state index in [2.05, 4.69) is 0 Å². The van der Waals surface area contributed by atoms with Crippen molar-refractivity contribution in [2.75, 3.05) is 0 Å². The summed E-state index contributed by atoms with van der Waals surface area (Å²) in [6.07, 6.45) is 3.19. The number of carboxylic acids is 1. The molecular weight excluding hydrogens is 249 g/mol. The lowest BCUT2D eigenvalue weighted by molar-refractivity contribution is -0.141. The number of pyridine rings is 1. The van der Waals surface area contributed by atoms with Crippen LogP contribution in [0.4, 0.5) is 4.39 Å². The molecule has 0 aliphatic carbocycles. The minimum absolute atomic E-state index is 0.103. The van der Waals surface area contributed by atoms with Crippen LogP contribution in [-0.2, 0) is 11.2 Å². The first-order valence-corrected chi connectivity index (χ1v) is 6.50. The van der Waals surface area contributed by atoms with Gasteiger partial charge in [0, 0.05) is 6.20 Å². The molecule has 0 aromatic carbocycles. The molecule has 1 aromatic heterocycles. The predicted octanol–water partition coefficient (Wildman–Crippen LogP) is 2.61. The highest BCUT2D eigenvalue weighted by Crippen LogP contribution is 2.17. The van der Waals surface area contributed by atoms with E-state index in [1.165, 1.54) is 12.3 Å². The van der Waals surface area contributed by atoms with E-state index < -0.39 is 23.4 Å². The van der Waals surface area contributed by atoms with Crippen molar-refractivity contribution in [2.24, 2.45) is 5.92 Å². The third kappa shape index (κ3) is 3.91. The van der Waals surface area contributed by atoms with E-state index in [-0.39, 0.29) is 5.92 Å². The molecule has 0 aliphatic heterocycles. The Morgan fingerprint density at radius 1 is 1.47 bits per heavy atom. The van der Waals surface area contributed by atoms with Gasteiger partial charge < -0.3 is 5.11 Å². The molecule has 1 atom stereocenters. The average Bonchev–Trinajstić information content (AvgIpc) is 2.30. The van der Waals surface area contributed by atoms with Crippen molar-refractivity contribution in [3.05, 3.63) is 34.0 Å². The highest BCUT2D eigenvalue weighted by molar-refractivity contribution is 5.71. The lowest BCUT2D eigenvalue weighted by atomic mass is 10.0. The molecule has 0 spiro atoms. The van der Waals surface area contributed by atoms with Crippen LogP contribution in [0.1, 0.15) is 45.2 Å². The summed E-state index contributed by atoms with van der Waals surface area (Å²) in [5.41, 5.74) is -0.220. The SMILES string of the molecule is CCCc1cc(F)c(=O)n(C(CC(C)C)C(=O)O)c1. The Morgan fingerprint density at radius 2 is 2.11 bits per heavy atom. The molecule has 0 saturated heterocycles. The summed E-state index contributed by atoms with van der Waals surface area (Å²) in [5.74, 6) is -1.89. The van der Waals surface area contributed by atoms with E-state index in [0.717, 1.165) is 11.0 Å². The number of aliphatic carboxylic acids is 1. The van der Waals surface area contributed by atoms with Gasteiger partial charge in [0.25, 0.3) is 5.56 Å². The normalized spacial score (nSPS) is 12.7. The summed E-state index contributed by atoms with van der Waals surface area (Å²) in [4.78, 5) is 23.1. The molecular formula is C14H20FNO3. The van der Waals surface area contributed by atoms with E-state index in [4.69, 9.17) is 0 Å². The van der Waals surface area contributed by atoms with Crippen molar-refractivity contribution in [1.29, 1.82) is 0 Å². The number of halogens is 1. The summed E-state index contributed by atoms with van der Waals surface area (Å²) in [6, 6.07) is 0.176. The number of aromatic nitrogens is 1. The number of rotatable bonds is 6. The number of carbonyl (C=O) groups is 1. The second-order valence-corrected chi connectivity index (χ2v) is 5.14. The van der Waals surface area contributed by atoms with Gasteiger partial charge in [0.1, 0.15) is 6.04 Å². The van der Waals surface area contributed by atoms with Crippen LogP contribution in [0, 0.1) is 11.7 Å². The summed E-state index contributed by atoms with van der Waals surface area (Å²) >= 11 is 0. The molecule has 106 valence electrons. The van der Waals surface area contributed by atoms with Crippen LogP contribution in [0.5, 0.6) is 0 Å². The van der Waals surface area contributed by atoms with Crippen LogP contribution in [0.3, 0.4) is 0 Å². The molecule has 1 rings (SSSR count). The van der Waals surface area contributed by atoms with E-state index in [0.29, 0.717) is 18.4 Å². The summed E-state index contributed by atoms with van der Waals surface area (Å²) in [6.45, 7) is 5.68. The van der Waals surface area contributed by atoms with Gasteiger partial charge in [-0.2, -0.15) is 0 Å². The zero-order valence-corrected chi connectivity index (χ0v) is 11.5. The van der Waals surface area contributed by atoms with E-state index in [1.54, 1.807) is 0 Å². The number of nitrogens with zero attached hydrogens (tertiary/aromatic N) is 1. The molecule has 0 radical (unpaired) electrons. The molecule has 5 heteroatoms. The van der Waals surface area contributed by atoms with Crippen LogP contribution in [-0.4, -0.2) is 15.6 Å². The molecule has 4 nitrogen and oxygen atoms in total. The fourth-order valence-corrected chi connectivity index (χ4v) is 2.06. The Labute approximate surface area is 111 Å². The Hall–Kier alpha value is -1.65. The average molecular weight is 269 g/mol. The molecule has 19 heavy (non-hydrogen) atoms. The third-order valence-electron chi connectivity index (χ3n) is 2.91. The van der Waals surface area contributed by atoms with Crippen LogP contribution >= 0.6 is 0 Å². The van der Waals surface area contributed by atoms with Crippen LogP contribution < -0.4 is 5.56 Å².